The molecule has 2 heterocycles. The highest BCUT2D eigenvalue weighted by Gasteiger charge is 2.25. The number of aryl methyl sites for hydroxylation is 2. The molecule has 2 aromatic rings. The van der Waals surface area contributed by atoms with Crippen molar-refractivity contribution in [1.29, 1.82) is 0 Å². The van der Waals surface area contributed by atoms with Gasteiger partial charge in [0, 0.05) is 0 Å². The summed E-state index contributed by atoms with van der Waals surface area (Å²) in [5.41, 5.74) is 1.34. The molecule has 2 rings (SSSR count). The first-order chi connectivity index (χ1) is 9.31. The first-order valence-electron chi connectivity index (χ1n) is 5.40. The standard InChI is InChI=1S/C10H11N3O5S2/c1-5-6(2)18-7(13-5)3-12-20(16,17)10-8(9(14)15)11-4-19-10/h4,12H,3H2,1-2H3,(H,14,15). The van der Waals surface area contributed by atoms with E-state index in [-0.39, 0.29) is 16.6 Å². The van der Waals surface area contributed by atoms with Crippen LogP contribution in [0.3, 0.4) is 0 Å². The Morgan fingerprint density at radius 2 is 2.20 bits per heavy atom. The Labute approximate surface area is 118 Å². The van der Waals surface area contributed by atoms with E-state index in [9.17, 15) is 13.2 Å². The average Bonchev–Trinajstić information content (AvgIpc) is 2.95. The van der Waals surface area contributed by atoms with Crippen LogP contribution in [0.5, 0.6) is 0 Å². The summed E-state index contributed by atoms with van der Waals surface area (Å²) in [6.45, 7) is 3.29. The summed E-state index contributed by atoms with van der Waals surface area (Å²) >= 11 is 0.735. The molecule has 108 valence electrons. The molecule has 2 aromatic heterocycles. The molecule has 0 amide bonds. The highest BCUT2D eigenvalue weighted by atomic mass is 32.2. The fourth-order valence-corrected chi connectivity index (χ4v) is 3.56. The van der Waals surface area contributed by atoms with Crippen molar-refractivity contribution in [2.24, 2.45) is 0 Å². The van der Waals surface area contributed by atoms with E-state index in [1.54, 1.807) is 13.8 Å². The van der Waals surface area contributed by atoms with Gasteiger partial charge in [-0.3, -0.25) is 0 Å². The molecular weight excluding hydrogens is 306 g/mol. The molecule has 0 radical (unpaired) electrons. The van der Waals surface area contributed by atoms with E-state index < -0.39 is 21.7 Å². The number of thiazole rings is 1. The molecule has 0 aliphatic heterocycles. The van der Waals surface area contributed by atoms with E-state index in [0.717, 1.165) is 16.8 Å². The number of aromatic carboxylic acids is 1. The van der Waals surface area contributed by atoms with Gasteiger partial charge in [0.25, 0.3) is 10.0 Å². The maximum atomic E-state index is 12.0. The first-order valence-corrected chi connectivity index (χ1v) is 7.77. The monoisotopic (exact) mass is 317 g/mol. The van der Waals surface area contributed by atoms with E-state index in [2.05, 4.69) is 14.7 Å². The molecule has 0 fully saturated rings. The Kier molecular flexibility index (Phi) is 3.88. The number of nitrogens with one attached hydrogen (secondary N) is 1. The fraction of sp³-hybridized carbons (Fsp3) is 0.300. The normalized spacial score (nSPS) is 11.7. The van der Waals surface area contributed by atoms with Gasteiger partial charge in [-0.25, -0.2) is 27.9 Å². The van der Waals surface area contributed by atoms with Gasteiger partial charge in [-0.15, -0.1) is 11.3 Å². The zero-order valence-electron chi connectivity index (χ0n) is 10.6. The molecule has 0 spiro atoms. The van der Waals surface area contributed by atoms with Crippen molar-refractivity contribution in [3.8, 4) is 0 Å². The van der Waals surface area contributed by atoms with Gasteiger partial charge < -0.3 is 9.52 Å². The van der Waals surface area contributed by atoms with E-state index in [0.29, 0.717) is 11.5 Å². The van der Waals surface area contributed by atoms with Crippen LogP contribution in [0.4, 0.5) is 0 Å². The van der Waals surface area contributed by atoms with Crippen LogP contribution in [0.25, 0.3) is 0 Å². The van der Waals surface area contributed by atoms with E-state index in [1.165, 1.54) is 0 Å². The molecule has 20 heavy (non-hydrogen) atoms. The molecule has 0 saturated carbocycles. The van der Waals surface area contributed by atoms with Crippen LogP contribution in [0, 0.1) is 13.8 Å². The third-order valence-electron chi connectivity index (χ3n) is 2.47. The predicted octanol–water partition coefficient (Wildman–Crippen LogP) is 0.925. The van der Waals surface area contributed by atoms with Crippen molar-refractivity contribution in [3.63, 3.8) is 0 Å². The Hall–Kier alpha value is -1.78. The van der Waals surface area contributed by atoms with Gasteiger partial charge >= 0.3 is 5.97 Å². The first kappa shape index (κ1) is 14.6. The summed E-state index contributed by atoms with van der Waals surface area (Å²) in [4.78, 5) is 18.4. The second-order valence-corrected chi connectivity index (χ2v) is 6.68. The molecule has 0 aromatic carbocycles. The van der Waals surface area contributed by atoms with Crippen molar-refractivity contribution in [3.05, 3.63) is 28.5 Å². The molecule has 0 aliphatic carbocycles. The van der Waals surface area contributed by atoms with Crippen LogP contribution in [0.15, 0.2) is 14.1 Å². The number of carboxylic acids is 1. The molecule has 8 nitrogen and oxygen atoms in total. The van der Waals surface area contributed by atoms with Crippen molar-refractivity contribution >= 4 is 27.3 Å². The quantitative estimate of drug-likeness (QED) is 0.840. The zero-order valence-corrected chi connectivity index (χ0v) is 12.2. The van der Waals surface area contributed by atoms with Crippen LogP contribution in [-0.4, -0.2) is 29.5 Å². The average molecular weight is 317 g/mol. The van der Waals surface area contributed by atoms with Crippen LogP contribution >= 0.6 is 11.3 Å². The van der Waals surface area contributed by atoms with Gasteiger partial charge in [0.05, 0.1) is 17.7 Å². The van der Waals surface area contributed by atoms with Gasteiger partial charge in [-0.2, -0.15) is 0 Å². The maximum Gasteiger partial charge on any atom is 0.356 e. The second-order valence-electron chi connectivity index (χ2n) is 3.87. The summed E-state index contributed by atoms with van der Waals surface area (Å²) < 4.78 is 31.2. The molecule has 0 aliphatic rings. The number of hydrogen-bond acceptors (Lipinski definition) is 7. The maximum absolute atomic E-state index is 12.0. The Morgan fingerprint density at radius 1 is 1.50 bits per heavy atom. The van der Waals surface area contributed by atoms with Crippen molar-refractivity contribution < 1.29 is 22.7 Å². The van der Waals surface area contributed by atoms with Crippen LogP contribution in [0.1, 0.15) is 27.8 Å². The largest absolute Gasteiger partial charge is 0.476 e. The number of sulfonamides is 1. The van der Waals surface area contributed by atoms with Crippen molar-refractivity contribution in [2.75, 3.05) is 0 Å². The summed E-state index contributed by atoms with van der Waals surface area (Å²) in [5.74, 6) is -0.581. The molecule has 0 unspecified atom stereocenters. The van der Waals surface area contributed by atoms with Crippen molar-refractivity contribution in [1.82, 2.24) is 14.7 Å². The Balaban J connectivity index is 2.19. The number of carbonyl (C=O) groups is 1. The lowest BCUT2D eigenvalue weighted by atomic mass is 10.4. The summed E-state index contributed by atoms with van der Waals surface area (Å²) in [5, 5.41) is 8.86. The highest BCUT2D eigenvalue weighted by Crippen LogP contribution is 2.20. The second kappa shape index (κ2) is 5.31. The number of hydrogen-bond donors (Lipinski definition) is 2. The number of nitrogens with zero attached hydrogens (tertiary/aromatic N) is 2. The number of aromatic nitrogens is 2. The van der Waals surface area contributed by atoms with E-state index >= 15 is 0 Å². The topological polar surface area (TPSA) is 122 Å². The minimum atomic E-state index is -3.97. The molecular formula is C10H11N3O5S2. The number of rotatable bonds is 5. The van der Waals surface area contributed by atoms with Gasteiger partial charge in [-0.1, -0.05) is 0 Å². The van der Waals surface area contributed by atoms with Crippen LogP contribution in [0.2, 0.25) is 0 Å². The highest BCUT2D eigenvalue weighted by molar-refractivity contribution is 7.91. The predicted molar refractivity (Wildman–Crippen MR) is 69.1 cm³/mol. The lowest BCUT2D eigenvalue weighted by Gasteiger charge is -2.02. The molecule has 0 bridgehead atoms. The zero-order chi connectivity index (χ0) is 14.9. The Morgan fingerprint density at radius 3 is 2.75 bits per heavy atom. The minimum absolute atomic E-state index is 0.159. The lowest BCUT2D eigenvalue weighted by molar-refractivity contribution is 0.0687. The van der Waals surface area contributed by atoms with Gasteiger partial charge in [0.2, 0.25) is 5.89 Å². The summed E-state index contributed by atoms with van der Waals surface area (Å²) in [6.07, 6.45) is 0. The fourth-order valence-electron chi connectivity index (χ4n) is 1.41. The SMILES string of the molecule is Cc1nc(CNS(=O)(=O)c2scnc2C(=O)O)oc1C. The minimum Gasteiger partial charge on any atom is -0.476 e. The van der Waals surface area contributed by atoms with Gasteiger partial charge in [0.15, 0.2) is 9.90 Å². The summed E-state index contributed by atoms with van der Waals surface area (Å²) in [6, 6.07) is 0. The lowest BCUT2D eigenvalue weighted by Crippen LogP contribution is -2.24. The molecule has 0 atom stereocenters. The third-order valence-corrected chi connectivity index (χ3v) is 5.24. The van der Waals surface area contributed by atoms with Crippen LogP contribution < -0.4 is 4.72 Å². The smallest absolute Gasteiger partial charge is 0.356 e. The number of oxazole rings is 1. The molecule has 10 heteroatoms. The Bertz CT molecular complexity index is 727. The van der Waals surface area contributed by atoms with E-state index in [4.69, 9.17) is 9.52 Å². The van der Waals surface area contributed by atoms with Gasteiger partial charge in [-0.05, 0) is 13.8 Å². The van der Waals surface area contributed by atoms with Crippen molar-refractivity contribution in [2.45, 2.75) is 24.6 Å². The molecule has 2 N–H and O–H groups in total. The molecule has 0 saturated heterocycles. The third kappa shape index (κ3) is 2.86. The van der Waals surface area contributed by atoms with Gasteiger partial charge in [0.1, 0.15) is 5.76 Å². The number of carboxylic acid groups (broad SMARTS) is 1. The van der Waals surface area contributed by atoms with E-state index in [1.807, 2.05) is 0 Å². The van der Waals surface area contributed by atoms with Crippen LogP contribution in [-0.2, 0) is 16.6 Å². The summed E-state index contributed by atoms with van der Waals surface area (Å²) in [7, 11) is -3.97.